The number of carbonyl (C=O) groups excluding carboxylic acids is 1. The molecule has 3 nitrogen and oxygen atoms in total. The van der Waals surface area contributed by atoms with Crippen LogP contribution in [0.25, 0.3) is 0 Å². The fourth-order valence-corrected chi connectivity index (χ4v) is 4.62. The van der Waals surface area contributed by atoms with Crippen molar-refractivity contribution in [2.45, 2.75) is 38.6 Å². The molecule has 0 aromatic carbocycles. The van der Waals surface area contributed by atoms with Gasteiger partial charge in [-0.2, -0.15) is 0 Å². The van der Waals surface area contributed by atoms with Crippen molar-refractivity contribution in [3.8, 4) is 0 Å². The van der Waals surface area contributed by atoms with Crippen molar-refractivity contribution in [1.82, 2.24) is 5.32 Å². The van der Waals surface area contributed by atoms with Crippen molar-refractivity contribution in [2.24, 2.45) is 35.3 Å². The van der Waals surface area contributed by atoms with Gasteiger partial charge in [0.05, 0.1) is 4.99 Å². The molecule has 0 aliphatic heterocycles. The number of thiocarbonyl (C=S) groups is 1. The molecule has 5 atom stereocenters. The van der Waals surface area contributed by atoms with Crippen molar-refractivity contribution in [3.63, 3.8) is 0 Å². The Kier molecular flexibility index (Phi) is 2.65. The SMILES string of the molecule is CC(CC(N)=S)NC(=O)C1C2C3CCC(C3)C12. The Morgan fingerprint density at radius 2 is 2.00 bits per heavy atom. The maximum Gasteiger partial charge on any atom is 0.223 e. The van der Waals surface area contributed by atoms with Crippen LogP contribution >= 0.6 is 12.2 Å². The molecule has 3 aliphatic carbocycles. The molecular formula is C13H20N2OS. The summed E-state index contributed by atoms with van der Waals surface area (Å²) in [6.07, 6.45) is 4.72. The lowest BCUT2D eigenvalue weighted by atomic mass is 10.0. The van der Waals surface area contributed by atoms with Crippen LogP contribution in [0.3, 0.4) is 0 Å². The van der Waals surface area contributed by atoms with Crippen LogP contribution < -0.4 is 11.1 Å². The lowest BCUT2D eigenvalue weighted by molar-refractivity contribution is -0.123. The van der Waals surface area contributed by atoms with E-state index in [1.54, 1.807) is 0 Å². The predicted octanol–water partition coefficient (Wildman–Crippen LogP) is 1.46. The monoisotopic (exact) mass is 252 g/mol. The third-order valence-corrected chi connectivity index (χ3v) is 5.10. The lowest BCUT2D eigenvalue weighted by Crippen LogP contribution is -2.37. The fraction of sp³-hybridized carbons (Fsp3) is 0.846. The maximum atomic E-state index is 12.1. The van der Waals surface area contributed by atoms with E-state index in [2.05, 4.69) is 5.32 Å². The van der Waals surface area contributed by atoms with Crippen LogP contribution in [0.5, 0.6) is 0 Å². The van der Waals surface area contributed by atoms with Gasteiger partial charge in [0.15, 0.2) is 0 Å². The van der Waals surface area contributed by atoms with Gasteiger partial charge in [-0.05, 0) is 49.9 Å². The Morgan fingerprint density at radius 1 is 1.41 bits per heavy atom. The Labute approximate surface area is 108 Å². The fourth-order valence-electron chi connectivity index (χ4n) is 4.37. The van der Waals surface area contributed by atoms with Gasteiger partial charge in [-0.15, -0.1) is 0 Å². The van der Waals surface area contributed by atoms with E-state index in [4.69, 9.17) is 18.0 Å². The number of nitrogens with one attached hydrogen (secondary N) is 1. The summed E-state index contributed by atoms with van der Waals surface area (Å²) in [5.41, 5.74) is 5.49. The van der Waals surface area contributed by atoms with E-state index >= 15 is 0 Å². The van der Waals surface area contributed by atoms with Crippen LogP contribution in [0.1, 0.15) is 32.6 Å². The van der Waals surface area contributed by atoms with Crippen LogP contribution in [0, 0.1) is 29.6 Å². The van der Waals surface area contributed by atoms with E-state index in [9.17, 15) is 4.79 Å². The van der Waals surface area contributed by atoms with Crippen LogP contribution in [0.2, 0.25) is 0 Å². The Morgan fingerprint density at radius 3 is 2.53 bits per heavy atom. The van der Waals surface area contributed by atoms with E-state index in [1.165, 1.54) is 19.3 Å². The number of nitrogens with two attached hydrogens (primary N) is 1. The number of hydrogen-bond acceptors (Lipinski definition) is 2. The first-order valence-corrected chi connectivity index (χ1v) is 7.07. The third kappa shape index (κ3) is 1.86. The molecule has 5 unspecified atom stereocenters. The first kappa shape index (κ1) is 11.5. The van der Waals surface area contributed by atoms with Crippen molar-refractivity contribution in [3.05, 3.63) is 0 Å². The zero-order valence-electron chi connectivity index (χ0n) is 10.2. The molecule has 17 heavy (non-hydrogen) atoms. The highest BCUT2D eigenvalue weighted by atomic mass is 32.1. The highest BCUT2D eigenvalue weighted by molar-refractivity contribution is 7.80. The van der Waals surface area contributed by atoms with E-state index in [-0.39, 0.29) is 11.9 Å². The summed E-state index contributed by atoms with van der Waals surface area (Å²) >= 11 is 4.86. The second-order valence-corrected chi connectivity index (χ2v) is 6.62. The molecule has 0 saturated heterocycles. The van der Waals surface area contributed by atoms with Crippen LogP contribution in [-0.4, -0.2) is 16.9 Å². The Bertz CT molecular complexity index is 354. The zero-order valence-corrected chi connectivity index (χ0v) is 11.0. The molecule has 3 rings (SSSR count). The molecule has 3 fully saturated rings. The van der Waals surface area contributed by atoms with Crippen molar-refractivity contribution >= 4 is 23.1 Å². The molecule has 3 aliphatic rings. The van der Waals surface area contributed by atoms with Crippen LogP contribution in [0.4, 0.5) is 0 Å². The van der Waals surface area contributed by atoms with E-state index in [0.717, 1.165) is 11.8 Å². The average Bonchev–Trinajstić information content (AvgIpc) is 2.67. The van der Waals surface area contributed by atoms with E-state index in [0.29, 0.717) is 29.2 Å². The second-order valence-electron chi connectivity index (χ2n) is 6.09. The van der Waals surface area contributed by atoms with Crippen LogP contribution in [0.15, 0.2) is 0 Å². The van der Waals surface area contributed by atoms with Crippen LogP contribution in [-0.2, 0) is 4.79 Å². The third-order valence-electron chi connectivity index (χ3n) is 4.93. The molecule has 1 amide bonds. The van der Waals surface area contributed by atoms with Crippen molar-refractivity contribution < 1.29 is 4.79 Å². The summed E-state index contributed by atoms with van der Waals surface area (Å²) in [5, 5.41) is 3.06. The number of rotatable bonds is 4. The minimum Gasteiger partial charge on any atom is -0.393 e. The number of amides is 1. The topological polar surface area (TPSA) is 55.1 Å². The normalized spacial score (nSPS) is 43.0. The molecule has 0 spiro atoms. The highest BCUT2D eigenvalue weighted by Crippen LogP contribution is 2.69. The van der Waals surface area contributed by atoms with Crippen molar-refractivity contribution in [1.29, 1.82) is 0 Å². The summed E-state index contributed by atoms with van der Waals surface area (Å²) in [7, 11) is 0. The summed E-state index contributed by atoms with van der Waals surface area (Å²) in [5.74, 6) is 3.70. The molecule has 3 saturated carbocycles. The summed E-state index contributed by atoms with van der Waals surface area (Å²) in [4.78, 5) is 12.6. The average molecular weight is 252 g/mol. The molecule has 3 N–H and O–H groups in total. The molecule has 2 bridgehead atoms. The van der Waals surface area contributed by atoms with Gasteiger partial charge < -0.3 is 11.1 Å². The van der Waals surface area contributed by atoms with Crippen molar-refractivity contribution in [2.75, 3.05) is 0 Å². The van der Waals surface area contributed by atoms with Gasteiger partial charge in [-0.1, -0.05) is 12.2 Å². The number of hydrogen-bond donors (Lipinski definition) is 2. The number of carbonyl (C=O) groups is 1. The van der Waals surface area contributed by atoms with Gasteiger partial charge >= 0.3 is 0 Å². The summed E-state index contributed by atoms with van der Waals surface area (Å²) in [6, 6.07) is 0.0824. The van der Waals surface area contributed by atoms with Gasteiger partial charge in [0.25, 0.3) is 0 Å². The van der Waals surface area contributed by atoms with Gasteiger partial charge in [-0.3, -0.25) is 4.79 Å². The molecule has 0 aromatic rings. The van der Waals surface area contributed by atoms with Gasteiger partial charge in [0.1, 0.15) is 0 Å². The molecule has 0 radical (unpaired) electrons. The largest absolute Gasteiger partial charge is 0.393 e. The molecule has 0 aromatic heterocycles. The summed E-state index contributed by atoms with van der Waals surface area (Å²) < 4.78 is 0. The van der Waals surface area contributed by atoms with Gasteiger partial charge in [0.2, 0.25) is 5.91 Å². The minimum absolute atomic E-state index is 0.0824. The Balaban J connectivity index is 1.54. The first-order chi connectivity index (χ1) is 8.08. The zero-order chi connectivity index (χ0) is 12.2. The minimum atomic E-state index is 0.0824. The second kappa shape index (κ2) is 3.94. The molecule has 4 heteroatoms. The quantitative estimate of drug-likeness (QED) is 0.745. The standard InChI is InChI=1S/C13H20N2OS/c1-6(4-9(14)17)15-13(16)12-10-7-2-3-8(5-7)11(10)12/h6-8,10-12H,2-5H2,1H3,(H2,14,17)(H,15,16). The molecule has 94 valence electrons. The maximum absolute atomic E-state index is 12.1. The lowest BCUT2D eigenvalue weighted by Gasteiger charge is -2.15. The van der Waals surface area contributed by atoms with Gasteiger partial charge in [0, 0.05) is 18.4 Å². The Hall–Kier alpha value is -0.640. The number of fused-ring (bicyclic) bond motifs is 5. The summed E-state index contributed by atoms with van der Waals surface area (Å²) in [6.45, 7) is 1.98. The smallest absolute Gasteiger partial charge is 0.223 e. The molecular weight excluding hydrogens is 232 g/mol. The molecule has 0 heterocycles. The van der Waals surface area contributed by atoms with E-state index < -0.39 is 0 Å². The first-order valence-electron chi connectivity index (χ1n) is 6.66. The highest BCUT2D eigenvalue weighted by Gasteiger charge is 2.67. The predicted molar refractivity (Wildman–Crippen MR) is 70.3 cm³/mol. The van der Waals surface area contributed by atoms with Gasteiger partial charge in [-0.25, -0.2) is 0 Å². The van der Waals surface area contributed by atoms with E-state index in [1.807, 2.05) is 6.92 Å².